The van der Waals surface area contributed by atoms with Gasteiger partial charge in [-0.1, -0.05) is 41.5 Å². The highest BCUT2D eigenvalue weighted by Gasteiger charge is 2.67. The highest BCUT2D eigenvalue weighted by atomic mass is 32.3. The molecule has 0 aliphatic heterocycles. The number of carbonyl (C=O) groups excluding carboxylic acids is 1. The van der Waals surface area contributed by atoms with Crippen molar-refractivity contribution in [2.75, 3.05) is 14.2 Å². The zero-order chi connectivity index (χ0) is 49.5. The number of fused-ring (bicyclic) bond motifs is 10. The Kier molecular flexibility index (Phi) is 18.1. The number of hydrogen-bond acceptors (Lipinski definition) is 12. The van der Waals surface area contributed by atoms with Crippen molar-refractivity contribution >= 4 is 22.3 Å². The number of aliphatic carboxylic acids is 1. The molecule has 384 valence electrons. The molecule has 10 N–H and O–H groups in total. The van der Waals surface area contributed by atoms with Crippen molar-refractivity contribution in [1.82, 2.24) is 0 Å². The first-order valence-corrected chi connectivity index (χ1v) is 26.6. The van der Waals surface area contributed by atoms with Gasteiger partial charge in [0.2, 0.25) is 0 Å². The Labute approximate surface area is 394 Å². The summed E-state index contributed by atoms with van der Waals surface area (Å²) in [5.41, 5.74) is -0.231. The Morgan fingerprint density at radius 2 is 0.955 bits per heavy atom. The Bertz CT molecular complexity index is 1740. The standard InChI is InChI=1S/C25H42O5.C24H40O5.CH4O.H2O4S/c1-14(5-8-22(29)30-4)17-6-7-18-23-19(13-21(28)25(17,18)3)24(2)10-9-16(26)11-15(24)12-20(23)27;1-13(4-7-21(28)29)16-5-6-17-22-18(12-20(27)24(16,17)3)23(2)9-8-15(25)10-14(23)11-19(22)26;1-2;1-5(2,3)4/h14-21,23,26-28H,5-13H2,1-4H3;13-20,22,25-27H,4-12H2,1-3H3,(H,28,29);2H,1H3;(H2,1,2,3,4)/t14-,15+,16-,17-,18+,19+,20-,21+,23+,24+,25-;13-,14+,15-,16-,17+,18+,19-,20+,22+,23+,24-;;/m11../s1. The molecule has 0 saturated heterocycles. The maximum atomic E-state index is 11.7. The molecule has 0 aromatic heterocycles. The van der Waals surface area contributed by atoms with E-state index >= 15 is 0 Å². The van der Waals surface area contributed by atoms with Crippen molar-refractivity contribution in [1.29, 1.82) is 0 Å². The van der Waals surface area contributed by atoms with Crippen molar-refractivity contribution in [2.24, 2.45) is 92.7 Å². The van der Waals surface area contributed by atoms with E-state index in [-0.39, 0.29) is 82.3 Å². The number of rotatable bonds is 8. The third-order valence-corrected chi connectivity index (χ3v) is 20.9. The maximum Gasteiger partial charge on any atom is 0.394 e. The van der Waals surface area contributed by atoms with E-state index in [1.807, 2.05) is 0 Å². The third-order valence-electron chi connectivity index (χ3n) is 20.9. The van der Waals surface area contributed by atoms with Crippen molar-refractivity contribution in [3.63, 3.8) is 0 Å². The van der Waals surface area contributed by atoms with Gasteiger partial charge in [0.25, 0.3) is 0 Å². The van der Waals surface area contributed by atoms with Gasteiger partial charge in [0.05, 0.1) is 43.7 Å². The largest absolute Gasteiger partial charge is 0.481 e. The fourth-order valence-corrected chi connectivity index (χ4v) is 17.5. The number of esters is 1. The Morgan fingerprint density at radius 3 is 1.30 bits per heavy atom. The third kappa shape index (κ3) is 10.7. The normalized spacial score (nSPS) is 47.6. The lowest BCUT2D eigenvalue weighted by Gasteiger charge is -2.63. The summed E-state index contributed by atoms with van der Waals surface area (Å²) in [6.45, 7) is 13.6. The lowest BCUT2D eigenvalue weighted by atomic mass is 9.43. The molecule has 0 aromatic rings. The lowest BCUT2D eigenvalue weighted by Crippen LogP contribution is -2.62. The van der Waals surface area contributed by atoms with Gasteiger partial charge in [-0.05, 0) is 195 Å². The number of methoxy groups -OCH3 is 1. The highest BCUT2D eigenvalue weighted by Crippen LogP contribution is 2.70. The maximum absolute atomic E-state index is 11.7. The van der Waals surface area contributed by atoms with Crippen molar-refractivity contribution in [3.05, 3.63) is 0 Å². The fourth-order valence-electron chi connectivity index (χ4n) is 17.5. The second kappa shape index (κ2) is 21.5. The van der Waals surface area contributed by atoms with E-state index in [0.29, 0.717) is 66.1 Å². The van der Waals surface area contributed by atoms with Crippen LogP contribution in [0.1, 0.15) is 157 Å². The molecule has 0 amide bonds. The second-order valence-corrected chi connectivity index (χ2v) is 24.4. The van der Waals surface area contributed by atoms with E-state index in [0.717, 1.165) is 103 Å². The van der Waals surface area contributed by atoms with Crippen LogP contribution < -0.4 is 0 Å². The van der Waals surface area contributed by atoms with Gasteiger partial charge < -0.3 is 45.6 Å². The first kappa shape index (κ1) is 55.5. The minimum absolute atomic E-state index is 0.0957. The Balaban J connectivity index is 0.000000217. The molecule has 0 aromatic carbocycles. The Morgan fingerprint density at radius 1 is 0.591 bits per heavy atom. The van der Waals surface area contributed by atoms with Crippen LogP contribution in [0.25, 0.3) is 0 Å². The van der Waals surface area contributed by atoms with Gasteiger partial charge in [-0.15, -0.1) is 0 Å². The summed E-state index contributed by atoms with van der Waals surface area (Å²) >= 11 is 0. The summed E-state index contributed by atoms with van der Waals surface area (Å²) in [5.74, 6) is 2.81. The molecule has 66 heavy (non-hydrogen) atoms. The first-order valence-electron chi connectivity index (χ1n) is 25.2. The number of aliphatic hydroxyl groups excluding tert-OH is 7. The second-order valence-electron chi connectivity index (χ2n) is 23.5. The van der Waals surface area contributed by atoms with Crippen LogP contribution >= 0.6 is 0 Å². The minimum atomic E-state index is -4.67. The summed E-state index contributed by atoms with van der Waals surface area (Å²) in [7, 11) is -2.23. The van der Waals surface area contributed by atoms with Crippen molar-refractivity contribution in [2.45, 2.75) is 194 Å². The molecule has 0 bridgehead atoms. The van der Waals surface area contributed by atoms with Gasteiger partial charge >= 0.3 is 22.3 Å². The molecule has 16 heteroatoms. The van der Waals surface area contributed by atoms with Crippen LogP contribution in [0.3, 0.4) is 0 Å². The fraction of sp³-hybridized carbons (Fsp3) is 0.960. The number of carboxylic acids is 1. The number of carbonyl (C=O) groups is 2. The zero-order valence-corrected chi connectivity index (χ0v) is 41.9. The smallest absolute Gasteiger partial charge is 0.394 e. The average molecular weight is 961 g/mol. The molecule has 0 unspecified atom stereocenters. The van der Waals surface area contributed by atoms with Crippen LogP contribution in [0.2, 0.25) is 0 Å². The molecule has 0 heterocycles. The number of hydrogen-bond donors (Lipinski definition) is 10. The molecule has 8 aliphatic carbocycles. The van der Waals surface area contributed by atoms with Gasteiger partial charge in [-0.2, -0.15) is 8.42 Å². The molecule has 8 saturated carbocycles. The summed E-state index contributed by atoms with van der Waals surface area (Å²) < 4.78 is 36.4. The van der Waals surface area contributed by atoms with E-state index in [1.54, 1.807) is 0 Å². The first-order chi connectivity index (χ1) is 30.7. The monoisotopic (exact) mass is 961 g/mol. The van der Waals surface area contributed by atoms with E-state index in [4.69, 9.17) is 32.5 Å². The molecule has 22 atom stereocenters. The molecule has 0 spiro atoms. The van der Waals surface area contributed by atoms with Crippen LogP contribution in [-0.2, 0) is 24.7 Å². The molecule has 0 radical (unpaired) electrons. The quantitative estimate of drug-likeness (QED) is 0.0996. The van der Waals surface area contributed by atoms with Crippen LogP contribution in [0.15, 0.2) is 0 Å². The summed E-state index contributed by atoms with van der Waals surface area (Å²) in [6, 6.07) is 0. The van der Waals surface area contributed by atoms with E-state index in [9.17, 15) is 40.2 Å². The zero-order valence-electron chi connectivity index (χ0n) is 41.0. The molecule has 8 fully saturated rings. The van der Waals surface area contributed by atoms with E-state index < -0.39 is 22.5 Å². The number of ether oxygens (including phenoxy) is 1. The predicted octanol–water partition coefficient (Wildman–Crippen LogP) is 5.94. The summed E-state index contributed by atoms with van der Waals surface area (Å²) in [5, 5.41) is 82.1. The van der Waals surface area contributed by atoms with E-state index in [2.05, 4.69) is 41.5 Å². The van der Waals surface area contributed by atoms with Gasteiger partial charge in [-0.25, -0.2) is 0 Å². The molecule has 15 nitrogen and oxygen atoms in total. The van der Waals surface area contributed by atoms with Gasteiger partial charge in [0.15, 0.2) is 0 Å². The van der Waals surface area contributed by atoms with Crippen molar-refractivity contribution in [3.8, 4) is 0 Å². The molecular formula is C50H88O15S. The SMILES string of the molecule is CO.COC(=O)CC[C@@H](C)[C@H]1CC[C@H]2[C@@H]3[C@H](O)C[C@@H]4C[C@H](O)CC[C@]4(C)[C@H]3C[C@H](O)[C@]12C.C[C@H](CCC(=O)O)[C@H]1CC[C@H]2[C@@H]3[C@H](O)C[C@@H]4C[C@H](O)CC[C@]4(C)[C@H]3C[C@H](O)[C@]12C.O=S(=O)(O)O. The number of carboxylic acid groups (broad SMARTS) is 1. The van der Waals surface area contributed by atoms with Crippen LogP contribution in [0.4, 0.5) is 0 Å². The van der Waals surface area contributed by atoms with Gasteiger partial charge in [0.1, 0.15) is 0 Å². The van der Waals surface area contributed by atoms with Crippen LogP contribution in [-0.4, -0.2) is 121 Å². The van der Waals surface area contributed by atoms with Gasteiger partial charge in [-0.3, -0.25) is 18.7 Å². The van der Waals surface area contributed by atoms with Crippen LogP contribution in [0.5, 0.6) is 0 Å². The summed E-state index contributed by atoms with van der Waals surface area (Å²) in [6.07, 6.45) is 12.6. The molecule has 8 aliphatic rings. The van der Waals surface area contributed by atoms with E-state index in [1.165, 1.54) is 7.11 Å². The number of aliphatic hydroxyl groups is 7. The average Bonchev–Trinajstić information content (AvgIpc) is 3.79. The molecular weight excluding hydrogens is 873 g/mol. The topological polar surface area (TPSA) is 280 Å². The van der Waals surface area contributed by atoms with Crippen molar-refractivity contribution < 1.29 is 72.7 Å². The van der Waals surface area contributed by atoms with Gasteiger partial charge in [0, 0.05) is 20.0 Å². The van der Waals surface area contributed by atoms with Crippen LogP contribution in [0, 0.1) is 92.7 Å². The summed E-state index contributed by atoms with van der Waals surface area (Å²) in [4.78, 5) is 22.7. The molecule has 8 rings (SSSR count). The minimum Gasteiger partial charge on any atom is -0.481 e. The lowest BCUT2D eigenvalue weighted by molar-refractivity contribution is -0.207. The predicted molar refractivity (Wildman–Crippen MR) is 247 cm³/mol. The highest BCUT2D eigenvalue weighted by molar-refractivity contribution is 7.79. The Hall–Kier alpha value is -1.47.